The van der Waals surface area contributed by atoms with E-state index in [1.54, 1.807) is 12.1 Å². The monoisotopic (exact) mass is 456 g/mol. The summed E-state index contributed by atoms with van der Waals surface area (Å²) in [5.41, 5.74) is 3.98. The fourth-order valence-electron chi connectivity index (χ4n) is 3.51. The molecule has 1 amide bonds. The van der Waals surface area contributed by atoms with E-state index in [0.717, 1.165) is 23.2 Å². The number of thiazole rings is 1. The first-order valence-corrected chi connectivity index (χ1v) is 12.0. The molecule has 2 aromatic carbocycles. The van der Waals surface area contributed by atoms with Crippen molar-refractivity contribution in [2.24, 2.45) is 4.99 Å². The number of hydrogen-bond donors (Lipinski definition) is 0. The number of nitrogens with zero attached hydrogens (tertiary/aromatic N) is 2. The lowest BCUT2D eigenvalue weighted by molar-refractivity contribution is 0.0996. The number of carbonyl (C=O) groups excluding carboxylic acids is 1. The van der Waals surface area contributed by atoms with Crippen molar-refractivity contribution in [1.82, 2.24) is 4.57 Å². The van der Waals surface area contributed by atoms with Gasteiger partial charge in [-0.15, -0.1) is 0 Å². The number of ether oxygens (including phenoxy) is 3. The third-order valence-electron chi connectivity index (χ3n) is 5.10. The van der Waals surface area contributed by atoms with E-state index in [-0.39, 0.29) is 5.91 Å². The molecule has 0 saturated carbocycles. The summed E-state index contributed by atoms with van der Waals surface area (Å²) in [6, 6.07) is 7.73. The first-order valence-electron chi connectivity index (χ1n) is 11.2. The molecule has 3 aromatic rings. The van der Waals surface area contributed by atoms with Crippen molar-refractivity contribution < 1.29 is 19.0 Å². The van der Waals surface area contributed by atoms with E-state index in [0.29, 0.717) is 47.4 Å². The Hall–Kier alpha value is -2.80. The van der Waals surface area contributed by atoms with Gasteiger partial charge in [-0.3, -0.25) is 4.79 Å². The van der Waals surface area contributed by atoms with Crippen LogP contribution in [0.5, 0.6) is 17.2 Å². The van der Waals surface area contributed by atoms with E-state index in [2.05, 4.69) is 42.5 Å². The largest absolute Gasteiger partial charge is 0.490 e. The Bertz CT molecular complexity index is 1150. The van der Waals surface area contributed by atoms with Crippen molar-refractivity contribution in [2.75, 3.05) is 19.8 Å². The van der Waals surface area contributed by atoms with Gasteiger partial charge in [-0.25, -0.2) is 0 Å². The van der Waals surface area contributed by atoms with Gasteiger partial charge in [0.1, 0.15) is 0 Å². The number of aryl methyl sites for hydroxylation is 3. The molecule has 0 fully saturated rings. The van der Waals surface area contributed by atoms with Gasteiger partial charge >= 0.3 is 0 Å². The molecular formula is C25H32N2O4S. The predicted molar refractivity (Wildman–Crippen MR) is 129 cm³/mol. The van der Waals surface area contributed by atoms with Crippen LogP contribution >= 0.6 is 11.3 Å². The summed E-state index contributed by atoms with van der Waals surface area (Å²) >= 11 is 1.54. The quantitative estimate of drug-likeness (QED) is 0.416. The van der Waals surface area contributed by atoms with Crippen LogP contribution in [-0.4, -0.2) is 30.3 Å². The zero-order valence-corrected chi connectivity index (χ0v) is 20.6. The van der Waals surface area contributed by atoms with Crippen LogP contribution in [0.3, 0.4) is 0 Å². The number of hydrogen-bond acceptors (Lipinski definition) is 5. The summed E-state index contributed by atoms with van der Waals surface area (Å²) in [5.74, 6) is 1.16. The minimum absolute atomic E-state index is 0.334. The van der Waals surface area contributed by atoms with E-state index in [1.165, 1.54) is 22.5 Å². The maximum atomic E-state index is 13.2. The minimum atomic E-state index is -0.334. The summed E-state index contributed by atoms with van der Waals surface area (Å²) in [7, 11) is 0. The highest BCUT2D eigenvalue weighted by molar-refractivity contribution is 7.16. The number of rotatable bonds is 9. The van der Waals surface area contributed by atoms with Crippen LogP contribution in [0.2, 0.25) is 0 Å². The van der Waals surface area contributed by atoms with Gasteiger partial charge in [-0.05, 0) is 76.4 Å². The van der Waals surface area contributed by atoms with E-state index >= 15 is 0 Å². The van der Waals surface area contributed by atoms with Crippen molar-refractivity contribution in [3.63, 3.8) is 0 Å². The minimum Gasteiger partial charge on any atom is -0.490 e. The van der Waals surface area contributed by atoms with Gasteiger partial charge in [0.05, 0.1) is 30.0 Å². The molecule has 0 unspecified atom stereocenters. The van der Waals surface area contributed by atoms with Crippen LogP contribution in [0.15, 0.2) is 29.3 Å². The summed E-state index contributed by atoms with van der Waals surface area (Å²) in [4.78, 5) is 18.4. The van der Waals surface area contributed by atoms with Gasteiger partial charge in [-0.2, -0.15) is 4.99 Å². The molecule has 0 saturated heterocycles. The van der Waals surface area contributed by atoms with Gasteiger partial charge in [0, 0.05) is 12.1 Å². The van der Waals surface area contributed by atoms with Crippen LogP contribution in [0.1, 0.15) is 55.6 Å². The van der Waals surface area contributed by atoms with Gasteiger partial charge < -0.3 is 18.8 Å². The number of benzene rings is 2. The van der Waals surface area contributed by atoms with Crippen molar-refractivity contribution in [3.05, 3.63) is 45.8 Å². The average molecular weight is 457 g/mol. The SMILES string of the molecule is CCCn1c(=NC(=O)c2cc(OCC)c(OCC)c(OCC)c2)sc2cc(C)c(C)cc21. The molecule has 1 aromatic heterocycles. The summed E-state index contributed by atoms with van der Waals surface area (Å²) in [6.07, 6.45) is 0.951. The number of amides is 1. The van der Waals surface area contributed by atoms with Crippen molar-refractivity contribution in [1.29, 1.82) is 0 Å². The highest BCUT2D eigenvalue weighted by Gasteiger charge is 2.19. The Morgan fingerprint density at radius 1 is 0.906 bits per heavy atom. The van der Waals surface area contributed by atoms with E-state index in [9.17, 15) is 4.79 Å². The van der Waals surface area contributed by atoms with Gasteiger partial charge in [0.25, 0.3) is 5.91 Å². The van der Waals surface area contributed by atoms with Crippen LogP contribution < -0.4 is 19.0 Å². The van der Waals surface area contributed by atoms with Gasteiger partial charge in [-0.1, -0.05) is 18.3 Å². The average Bonchev–Trinajstić information content (AvgIpc) is 3.07. The Labute approximate surface area is 193 Å². The number of fused-ring (bicyclic) bond motifs is 1. The molecule has 0 bridgehead atoms. The third kappa shape index (κ3) is 4.99. The van der Waals surface area contributed by atoms with Crippen LogP contribution in [0.25, 0.3) is 10.2 Å². The van der Waals surface area contributed by atoms with Gasteiger partial charge in [0.2, 0.25) is 5.75 Å². The molecule has 1 heterocycles. The molecule has 0 aliphatic rings. The number of aromatic nitrogens is 1. The molecule has 172 valence electrons. The van der Waals surface area contributed by atoms with Crippen molar-refractivity contribution in [3.8, 4) is 17.2 Å². The Morgan fingerprint density at radius 3 is 2.06 bits per heavy atom. The molecule has 6 nitrogen and oxygen atoms in total. The number of carbonyl (C=O) groups is 1. The normalized spacial score (nSPS) is 11.8. The first-order chi connectivity index (χ1) is 15.4. The molecule has 32 heavy (non-hydrogen) atoms. The summed E-state index contributed by atoms with van der Waals surface area (Å²) < 4.78 is 20.5. The maximum Gasteiger partial charge on any atom is 0.279 e. The Balaban J connectivity index is 2.14. The topological polar surface area (TPSA) is 62.1 Å². The third-order valence-corrected chi connectivity index (χ3v) is 6.14. The lowest BCUT2D eigenvalue weighted by Gasteiger charge is -2.16. The molecular weight excluding hydrogens is 424 g/mol. The zero-order valence-electron chi connectivity index (χ0n) is 19.8. The fraction of sp³-hybridized carbons (Fsp3) is 0.440. The van der Waals surface area contributed by atoms with Crippen molar-refractivity contribution in [2.45, 2.75) is 54.5 Å². The summed E-state index contributed by atoms with van der Waals surface area (Å²) in [6.45, 7) is 14.2. The van der Waals surface area contributed by atoms with Crippen LogP contribution in [0, 0.1) is 13.8 Å². The molecule has 0 spiro atoms. The Morgan fingerprint density at radius 2 is 1.50 bits per heavy atom. The smallest absolute Gasteiger partial charge is 0.279 e. The predicted octanol–water partition coefficient (Wildman–Crippen LogP) is 5.67. The highest BCUT2D eigenvalue weighted by atomic mass is 32.1. The van der Waals surface area contributed by atoms with E-state index < -0.39 is 0 Å². The van der Waals surface area contributed by atoms with Crippen LogP contribution in [0.4, 0.5) is 0 Å². The standard InChI is InChI=1S/C25H32N2O4S/c1-7-11-27-19-12-16(5)17(6)13-22(19)32-25(27)26-24(28)18-14-20(29-8-2)23(31-10-4)21(15-18)30-9-3/h12-15H,7-11H2,1-6H3. The molecule has 0 atom stereocenters. The fourth-order valence-corrected chi connectivity index (χ4v) is 4.64. The van der Waals surface area contributed by atoms with E-state index in [1.807, 2.05) is 20.8 Å². The Kier molecular flexibility index (Phi) is 7.96. The van der Waals surface area contributed by atoms with Gasteiger partial charge in [0.15, 0.2) is 16.3 Å². The molecule has 0 aliphatic carbocycles. The first kappa shape index (κ1) is 23.9. The lowest BCUT2D eigenvalue weighted by Crippen LogP contribution is -2.17. The molecule has 3 rings (SSSR count). The lowest BCUT2D eigenvalue weighted by atomic mass is 10.1. The molecule has 0 aliphatic heterocycles. The van der Waals surface area contributed by atoms with Crippen LogP contribution in [-0.2, 0) is 6.54 Å². The highest BCUT2D eigenvalue weighted by Crippen LogP contribution is 2.39. The molecule has 0 N–H and O–H groups in total. The summed E-state index contributed by atoms with van der Waals surface area (Å²) in [5, 5.41) is 0. The second-order valence-corrected chi connectivity index (χ2v) is 8.47. The molecule has 0 radical (unpaired) electrons. The second-order valence-electron chi connectivity index (χ2n) is 7.46. The maximum absolute atomic E-state index is 13.2. The zero-order chi connectivity index (χ0) is 23.3. The van der Waals surface area contributed by atoms with Crippen molar-refractivity contribution >= 4 is 27.5 Å². The molecule has 7 heteroatoms. The van der Waals surface area contributed by atoms with E-state index in [4.69, 9.17) is 14.2 Å². The second kappa shape index (κ2) is 10.7.